The Morgan fingerprint density at radius 2 is 2.17 bits per heavy atom. The third-order valence-corrected chi connectivity index (χ3v) is 3.75. The molecule has 1 aromatic heterocycles. The standard InChI is InChI=1S/C16H21FN6O/c17-14-11-20-16(22-15(14)18)21-12-2-1-3-13(10-12)24-9-8-23-6-4-19-5-7-23/h1-3,10-11,19H,4-9H2,(H3,18,20,21,22). The monoisotopic (exact) mass is 332 g/mol. The third kappa shape index (κ3) is 4.53. The van der Waals surface area contributed by atoms with E-state index < -0.39 is 5.82 Å². The minimum Gasteiger partial charge on any atom is -0.492 e. The lowest BCUT2D eigenvalue weighted by molar-refractivity contribution is 0.191. The summed E-state index contributed by atoms with van der Waals surface area (Å²) in [6.07, 6.45) is 1.04. The number of nitrogen functional groups attached to an aromatic ring is 1. The molecule has 8 heteroatoms. The van der Waals surface area contributed by atoms with Crippen molar-refractivity contribution in [3.8, 4) is 5.75 Å². The number of halogens is 1. The number of rotatable bonds is 6. The second-order valence-electron chi connectivity index (χ2n) is 5.52. The first-order chi connectivity index (χ1) is 11.7. The summed E-state index contributed by atoms with van der Waals surface area (Å²) in [4.78, 5) is 10.1. The van der Waals surface area contributed by atoms with Crippen molar-refractivity contribution in [2.45, 2.75) is 0 Å². The van der Waals surface area contributed by atoms with E-state index >= 15 is 0 Å². The lowest BCUT2D eigenvalue weighted by Crippen LogP contribution is -2.44. The predicted octanol–water partition coefficient (Wildman–Crippen LogP) is 1.23. The molecule has 3 rings (SSSR count). The molecule has 0 unspecified atom stereocenters. The van der Waals surface area contributed by atoms with Gasteiger partial charge in [-0.15, -0.1) is 0 Å². The van der Waals surface area contributed by atoms with E-state index in [0.717, 1.165) is 50.4 Å². The van der Waals surface area contributed by atoms with Gasteiger partial charge < -0.3 is 21.1 Å². The van der Waals surface area contributed by atoms with Gasteiger partial charge in [-0.05, 0) is 12.1 Å². The van der Waals surface area contributed by atoms with Crippen LogP contribution in [0.1, 0.15) is 0 Å². The molecule has 1 aliphatic rings. The molecular formula is C16H21FN6O. The van der Waals surface area contributed by atoms with Gasteiger partial charge in [0.2, 0.25) is 5.95 Å². The molecule has 0 amide bonds. The van der Waals surface area contributed by atoms with Gasteiger partial charge in [0.05, 0.1) is 6.20 Å². The van der Waals surface area contributed by atoms with Gasteiger partial charge >= 0.3 is 0 Å². The second-order valence-corrected chi connectivity index (χ2v) is 5.52. The number of benzene rings is 1. The zero-order valence-corrected chi connectivity index (χ0v) is 13.3. The van der Waals surface area contributed by atoms with Crippen LogP contribution in [0.3, 0.4) is 0 Å². The van der Waals surface area contributed by atoms with Crippen molar-refractivity contribution < 1.29 is 9.13 Å². The smallest absolute Gasteiger partial charge is 0.229 e. The van der Waals surface area contributed by atoms with E-state index in [0.29, 0.717) is 6.61 Å². The molecule has 7 nitrogen and oxygen atoms in total. The van der Waals surface area contributed by atoms with Gasteiger partial charge in [0, 0.05) is 44.5 Å². The fraction of sp³-hybridized carbons (Fsp3) is 0.375. The Morgan fingerprint density at radius 1 is 1.33 bits per heavy atom. The topological polar surface area (TPSA) is 88.3 Å². The molecule has 2 aromatic rings. The van der Waals surface area contributed by atoms with Crippen molar-refractivity contribution in [3.63, 3.8) is 0 Å². The van der Waals surface area contributed by atoms with Gasteiger partial charge in [-0.25, -0.2) is 9.37 Å². The summed E-state index contributed by atoms with van der Waals surface area (Å²) >= 11 is 0. The minimum atomic E-state index is -0.634. The van der Waals surface area contributed by atoms with E-state index in [1.165, 1.54) is 0 Å². The molecule has 24 heavy (non-hydrogen) atoms. The Labute approximate surface area is 140 Å². The van der Waals surface area contributed by atoms with Crippen molar-refractivity contribution in [3.05, 3.63) is 36.3 Å². The van der Waals surface area contributed by atoms with Crippen molar-refractivity contribution in [1.29, 1.82) is 0 Å². The second kappa shape index (κ2) is 7.89. The number of ether oxygens (including phenoxy) is 1. The number of hydrogen-bond acceptors (Lipinski definition) is 7. The molecule has 0 radical (unpaired) electrons. The van der Waals surface area contributed by atoms with Crippen LogP contribution in [-0.4, -0.2) is 54.2 Å². The molecule has 1 aliphatic heterocycles. The van der Waals surface area contributed by atoms with Crippen LogP contribution in [0.5, 0.6) is 5.75 Å². The first-order valence-corrected chi connectivity index (χ1v) is 7.92. The molecule has 2 heterocycles. The quantitative estimate of drug-likeness (QED) is 0.733. The van der Waals surface area contributed by atoms with E-state index in [2.05, 4.69) is 25.5 Å². The summed E-state index contributed by atoms with van der Waals surface area (Å²) in [5.41, 5.74) is 6.19. The van der Waals surface area contributed by atoms with Crippen molar-refractivity contribution in [2.24, 2.45) is 0 Å². The maximum Gasteiger partial charge on any atom is 0.229 e. The van der Waals surface area contributed by atoms with Crippen LogP contribution in [0.15, 0.2) is 30.5 Å². The van der Waals surface area contributed by atoms with E-state index in [4.69, 9.17) is 10.5 Å². The summed E-state index contributed by atoms with van der Waals surface area (Å²) in [5.74, 6) is 0.179. The number of nitrogens with one attached hydrogen (secondary N) is 2. The van der Waals surface area contributed by atoms with Gasteiger partial charge in [0.25, 0.3) is 0 Å². The predicted molar refractivity (Wildman–Crippen MR) is 90.9 cm³/mol. The van der Waals surface area contributed by atoms with E-state index in [-0.39, 0.29) is 11.8 Å². The Kier molecular flexibility index (Phi) is 5.39. The van der Waals surface area contributed by atoms with Crippen molar-refractivity contribution >= 4 is 17.5 Å². The number of nitrogens with two attached hydrogens (primary N) is 1. The number of piperazine rings is 1. The van der Waals surface area contributed by atoms with E-state index in [1.54, 1.807) is 0 Å². The maximum atomic E-state index is 13.1. The Morgan fingerprint density at radius 3 is 2.96 bits per heavy atom. The molecule has 1 aromatic carbocycles. The van der Waals surface area contributed by atoms with E-state index in [9.17, 15) is 4.39 Å². The summed E-state index contributed by atoms with van der Waals surface area (Å²) in [5, 5.41) is 6.31. The molecule has 1 saturated heterocycles. The first-order valence-electron chi connectivity index (χ1n) is 7.92. The molecule has 0 saturated carbocycles. The zero-order valence-electron chi connectivity index (χ0n) is 13.3. The maximum absolute atomic E-state index is 13.1. The minimum absolute atomic E-state index is 0.184. The largest absolute Gasteiger partial charge is 0.492 e. The summed E-state index contributed by atoms with van der Waals surface area (Å²) in [6.45, 7) is 5.68. The summed E-state index contributed by atoms with van der Waals surface area (Å²) < 4.78 is 18.9. The molecule has 0 spiro atoms. The third-order valence-electron chi connectivity index (χ3n) is 3.75. The molecule has 0 aliphatic carbocycles. The molecule has 1 fully saturated rings. The average Bonchev–Trinajstić information content (AvgIpc) is 2.60. The number of hydrogen-bond donors (Lipinski definition) is 3. The fourth-order valence-corrected chi connectivity index (χ4v) is 2.46. The van der Waals surface area contributed by atoms with Crippen LogP contribution < -0.4 is 21.1 Å². The number of anilines is 3. The lowest BCUT2D eigenvalue weighted by atomic mass is 10.3. The van der Waals surface area contributed by atoms with Gasteiger partial charge in [-0.1, -0.05) is 6.07 Å². The fourth-order valence-electron chi connectivity index (χ4n) is 2.46. The van der Waals surface area contributed by atoms with Gasteiger partial charge in [0.1, 0.15) is 12.4 Å². The Bertz CT molecular complexity index is 677. The van der Waals surface area contributed by atoms with Gasteiger partial charge in [-0.2, -0.15) is 4.98 Å². The molecule has 0 bridgehead atoms. The Balaban J connectivity index is 1.54. The van der Waals surface area contributed by atoms with Crippen LogP contribution in [0, 0.1) is 5.82 Å². The SMILES string of the molecule is Nc1nc(Nc2cccc(OCCN3CCNCC3)c2)ncc1F. The summed E-state index contributed by atoms with van der Waals surface area (Å²) in [6, 6.07) is 7.46. The van der Waals surface area contributed by atoms with Crippen LogP contribution in [0.2, 0.25) is 0 Å². The van der Waals surface area contributed by atoms with Crippen LogP contribution in [0.25, 0.3) is 0 Å². The van der Waals surface area contributed by atoms with Gasteiger partial charge in [0.15, 0.2) is 11.6 Å². The lowest BCUT2D eigenvalue weighted by Gasteiger charge is -2.26. The van der Waals surface area contributed by atoms with E-state index in [1.807, 2.05) is 24.3 Å². The van der Waals surface area contributed by atoms with Crippen molar-refractivity contribution in [2.75, 3.05) is 50.4 Å². The molecule has 128 valence electrons. The highest BCUT2D eigenvalue weighted by Crippen LogP contribution is 2.20. The Hall–Kier alpha value is -2.45. The molecule has 4 N–H and O–H groups in total. The number of nitrogens with zero attached hydrogens (tertiary/aromatic N) is 3. The van der Waals surface area contributed by atoms with Crippen LogP contribution >= 0.6 is 0 Å². The molecular weight excluding hydrogens is 311 g/mol. The normalized spacial score (nSPS) is 15.2. The number of aromatic nitrogens is 2. The highest BCUT2D eigenvalue weighted by molar-refractivity contribution is 5.56. The molecule has 0 atom stereocenters. The first kappa shape index (κ1) is 16.4. The summed E-state index contributed by atoms with van der Waals surface area (Å²) in [7, 11) is 0. The van der Waals surface area contributed by atoms with Crippen LogP contribution in [-0.2, 0) is 0 Å². The van der Waals surface area contributed by atoms with Gasteiger partial charge in [-0.3, -0.25) is 4.90 Å². The average molecular weight is 332 g/mol. The highest BCUT2D eigenvalue weighted by Gasteiger charge is 2.09. The van der Waals surface area contributed by atoms with Crippen molar-refractivity contribution in [1.82, 2.24) is 20.2 Å². The van der Waals surface area contributed by atoms with Crippen LogP contribution in [0.4, 0.5) is 21.8 Å². The zero-order chi connectivity index (χ0) is 16.8. The highest BCUT2D eigenvalue weighted by atomic mass is 19.1.